The maximum Gasteiger partial charge on any atom is 0.422 e. The number of alkyl halides is 3. The van der Waals surface area contributed by atoms with E-state index < -0.39 is 29.2 Å². The number of benzene rings is 2. The van der Waals surface area contributed by atoms with Gasteiger partial charge in [-0.15, -0.1) is 0 Å². The van der Waals surface area contributed by atoms with E-state index in [9.17, 15) is 22.4 Å². The largest absolute Gasteiger partial charge is 0.454 e. The number of nitrogens with two attached hydrogens (primary N) is 1. The number of piperazine rings is 1. The van der Waals surface area contributed by atoms with Crippen LogP contribution in [-0.4, -0.2) is 69.0 Å². The molecule has 2 aromatic heterocycles. The number of halogens is 4. The number of aromatic nitrogens is 4. The number of anilines is 2. The van der Waals surface area contributed by atoms with Crippen LogP contribution in [0.1, 0.15) is 22.5 Å². The topological polar surface area (TPSA) is 114 Å². The molecule has 4 heterocycles. The average molecular weight is 583 g/mol. The monoisotopic (exact) mass is 582 g/mol. The molecule has 2 aliphatic heterocycles. The molecular weight excluding hydrogens is 556 g/mol. The van der Waals surface area contributed by atoms with E-state index in [0.717, 1.165) is 25.1 Å². The molecule has 0 spiro atoms. The van der Waals surface area contributed by atoms with Crippen LogP contribution in [-0.2, 0) is 6.18 Å². The van der Waals surface area contributed by atoms with Gasteiger partial charge >= 0.3 is 6.18 Å². The Labute approximate surface area is 237 Å². The van der Waals surface area contributed by atoms with Crippen molar-refractivity contribution in [1.82, 2.24) is 24.9 Å². The predicted octanol–water partition coefficient (Wildman–Crippen LogP) is 4.09. The third kappa shape index (κ3) is 5.37. The van der Waals surface area contributed by atoms with Gasteiger partial charge < -0.3 is 20.7 Å². The summed E-state index contributed by atoms with van der Waals surface area (Å²) < 4.78 is 65.9. The number of fused-ring (bicyclic) bond motifs is 1. The van der Waals surface area contributed by atoms with Crippen molar-refractivity contribution in [2.24, 2.45) is 5.73 Å². The van der Waals surface area contributed by atoms with Crippen LogP contribution in [0.25, 0.3) is 5.69 Å². The Morgan fingerprint density at radius 3 is 2.62 bits per heavy atom. The smallest absolute Gasteiger partial charge is 0.422 e. The summed E-state index contributed by atoms with van der Waals surface area (Å²) in [6.07, 6.45) is 0.258. The lowest BCUT2D eigenvalue weighted by Crippen LogP contribution is -2.55. The molecule has 2 atom stereocenters. The van der Waals surface area contributed by atoms with Gasteiger partial charge in [0.2, 0.25) is 0 Å². The molecule has 0 unspecified atom stereocenters. The van der Waals surface area contributed by atoms with Crippen LogP contribution in [0.3, 0.4) is 0 Å². The van der Waals surface area contributed by atoms with Crippen LogP contribution in [0.5, 0.6) is 11.5 Å². The molecule has 2 aliphatic rings. The molecule has 2 fully saturated rings. The van der Waals surface area contributed by atoms with Crippen LogP contribution < -0.4 is 20.7 Å². The van der Waals surface area contributed by atoms with E-state index in [2.05, 4.69) is 25.5 Å². The zero-order valence-corrected chi connectivity index (χ0v) is 22.1. The maximum atomic E-state index is 14.9. The molecule has 218 valence electrons. The normalized spacial score (nSPS) is 19.0. The highest BCUT2D eigenvalue weighted by Gasteiger charge is 2.43. The van der Waals surface area contributed by atoms with Gasteiger partial charge in [-0.2, -0.15) is 28.5 Å². The average Bonchev–Trinajstić information content (AvgIpc) is 3.62. The Morgan fingerprint density at radius 2 is 1.86 bits per heavy atom. The summed E-state index contributed by atoms with van der Waals surface area (Å²) in [6, 6.07) is 10.3. The SMILES string of the molecule is N[C@@H]1CCN2CCN(c3c(NC(=O)c4ccn(-c5ccnnc5)n4)ccc(Oc4ccccc4F)c3C(F)(F)F)C[C@@H]12. The van der Waals surface area contributed by atoms with Gasteiger partial charge in [0.05, 0.1) is 29.5 Å². The van der Waals surface area contributed by atoms with Crippen molar-refractivity contribution in [2.75, 3.05) is 36.4 Å². The molecule has 42 heavy (non-hydrogen) atoms. The number of nitrogens with zero attached hydrogens (tertiary/aromatic N) is 6. The van der Waals surface area contributed by atoms with Crippen LogP contribution in [0.15, 0.2) is 67.1 Å². The van der Waals surface area contributed by atoms with E-state index in [1.54, 1.807) is 11.0 Å². The zero-order chi connectivity index (χ0) is 29.4. The molecule has 14 heteroatoms. The third-order valence-electron chi connectivity index (χ3n) is 7.48. The highest BCUT2D eigenvalue weighted by Crippen LogP contribution is 2.48. The Balaban J connectivity index is 1.41. The molecular formula is C28H26F4N8O2. The second kappa shape index (κ2) is 11.0. The quantitative estimate of drug-likeness (QED) is 0.327. The fourth-order valence-corrected chi connectivity index (χ4v) is 5.44. The maximum absolute atomic E-state index is 14.9. The minimum Gasteiger partial charge on any atom is -0.454 e. The van der Waals surface area contributed by atoms with Crippen molar-refractivity contribution in [2.45, 2.75) is 24.7 Å². The van der Waals surface area contributed by atoms with E-state index in [4.69, 9.17) is 10.5 Å². The Hall–Kier alpha value is -4.56. The Morgan fingerprint density at radius 1 is 1.02 bits per heavy atom. The fraction of sp³-hybridized carbons (Fsp3) is 0.286. The Kier molecular flexibility index (Phi) is 7.24. The first kappa shape index (κ1) is 27.6. The fourth-order valence-electron chi connectivity index (χ4n) is 5.44. The van der Waals surface area contributed by atoms with Crippen molar-refractivity contribution >= 4 is 17.3 Å². The highest BCUT2D eigenvalue weighted by atomic mass is 19.4. The number of hydrogen-bond acceptors (Lipinski definition) is 8. The standard InChI is InChI=1S/C28H26F4N8O2/c29-18-3-1-2-4-23(18)42-24-6-5-20(36-27(41)21-9-12-40(37-21)17-7-10-34-35-15-17)26(25(24)28(30,31)32)39-14-13-38-11-8-19(33)22(38)16-39/h1-7,9-10,12,15,19,22H,8,11,13-14,16,33H2,(H,36,41)/t19-,22+/m1/s1. The van der Waals surface area contributed by atoms with Gasteiger partial charge in [-0.05, 0) is 42.8 Å². The molecule has 0 radical (unpaired) electrons. The number of carbonyl (C=O) groups excluding carboxylic acids is 1. The number of hydrogen-bond donors (Lipinski definition) is 2. The third-order valence-corrected chi connectivity index (χ3v) is 7.48. The van der Waals surface area contributed by atoms with Gasteiger partial charge in [0.1, 0.15) is 11.3 Å². The van der Waals surface area contributed by atoms with Crippen LogP contribution in [0, 0.1) is 5.82 Å². The minimum atomic E-state index is -4.92. The van der Waals surface area contributed by atoms with Gasteiger partial charge in [0, 0.05) is 44.5 Å². The molecule has 4 aromatic rings. The number of amides is 1. The molecule has 3 N–H and O–H groups in total. The van der Waals surface area contributed by atoms with Gasteiger partial charge in [-0.1, -0.05) is 12.1 Å². The summed E-state index contributed by atoms with van der Waals surface area (Å²) in [5, 5.41) is 14.3. The van der Waals surface area contributed by atoms with Gasteiger partial charge in [0.15, 0.2) is 17.3 Å². The van der Waals surface area contributed by atoms with Gasteiger partial charge in [0.25, 0.3) is 5.91 Å². The van der Waals surface area contributed by atoms with Crippen molar-refractivity contribution in [1.29, 1.82) is 0 Å². The number of carbonyl (C=O) groups is 1. The van der Waals surface area contributed by atoms with Crippen molar-refractivity contribution in [3.8, 4) is 17.2 Å². The number of ether oxygens (including phenoxy) is 1. The summed E-state index contributed by atoms with van der Waals surface area (Å²) in [6.45, 7) is 1.72. The van der Waals surface area contributed by atoms with Crippen molar-refractivity contribution in [3.63, 3.8) is 0 Å². The molecule has 10 nitrogen and oxygen atoms in total. The van der Waals surface area contributed by atoms with Crippen LogP contribution >= 0.6 is 0 Å². The molecule has 2 saturated heterocycles. The number of para-hydroxylation sites is 1. The molecule has 6 rings (SSSR count). The molecule has 0 aliphatic carbocycles. The Bertz CT molecular complexity index is 1600. The first-order valence-corrected chi connectivity index (χ1v) is 13.2. The van der Waals surface area contributed by atoms with Crippen LogP contribution in [0.4, 0.5) is 28.9 Å². The minimum absolute atomic E-state index is 0.0272. The summed E-state index contributed by atoms with van der Waals surface area (Å²) in [4.78, 5) is 17.0. The molecule has 2 aromatic carbocycles. The summed E-state index contributed by atoms with van der Waals surface area (Å²) >= 11 is 0. The van der Waals surface area contributed by atoms with E-state index in [1.165, 1.54) is 53.6 Å². The highest BCUT2D eigenvalue weighted by molar-refractivity contribution is 6.05. The number of nitrogens with one attached hydrogen (secondary N) is 1. The van der Waals surface area contributed by atoms with Gasteiger partial charge in [-0.3, -0.25) is 9.69 Å². The van der Waals surface area contributed by atoms with Crippen molar-refractivity contribution in [3.05, 3.63) is 84.2 Å². The summed E-state index contributed by atoms with van der Waals surface area (Å²) in [7, 11) is 0. The van der Waals surface area contributed by atoms with E-state index in [0.29, 0.717) is 12.2 Å². The lowest BCUT2D eigenvalue weighted by atomic mass is 10.0. The van der Waals surface area contributed by atoms with Crippen molar-refractivity contribution < 1.29 is 27.1 Å². The summed E-state index contributed by atoms with van der Waals surface area (Å²) in [5.74, 6) is -2.48. The second-order valence-electron chi connectivity index (χ2n) is 10.1. The zero-order valence-electron chi connectivity index (χ0n) is 22.1. The molecule has 0 saturated carbocycles. The van der Waals surface area contributed by atoms with E-state index in [1.807, 2.05) is 0 Å². The first-order valence-electron chi connectivity index (χ1n) is 13.2. The lowest BCUT2D eigenvalue weighted by Gasteiger charge is -2.41. The lowest BCUT2D eigenvalue weighted by molar-refractivity contribution is -0.138. The van der Waals surface area contributed by atoms with Gasteiger partial charge in [-0.25, -0.2) is 9.07 Å². The number of rotatable bonds is 6. The predicted molar refractivity (Wildman–Crippen MR) is 145 cm³/mol. The first-order chi connectivity index (χ1) is 20.2. The second-order valence-corrected chi connectivity index (χ2v) is 10.1. The molecule has 0 bridgehead atoms. The van der Waals surface area contributed by atoms with E-state index in [-0.39, 0.29) is 48.0 Å². The van der Waals surface area contributed by atoms with Crippen LogP contribution in [0.2, 0.25) is 0 Å². The van der Waals surface area contributed by atoms with E-state index >= 15 is 0 Å². The molecule has 1 amide bonds. The summed E-state index contributed by atoms with van der Waals surface area (Å²) in [5.41, 5.74) is 5.33.